The van der Waals surface area contributed by atoms with Crippen LogP contribution >= 0.6 is 0 Å². The van der Waals surface area contributed by atoms with Crippen LogP contribution in [-0.2, 0) is 32.2 Å². The molecule has 1 aliphatic rings. The number of benzene rings is 2. The lowest BCUT2D eigenvalue weighted by Gasteiger charge is -2.35. The molecular formula is C25H31N3O5. The van der Waals surface area contributed by atoms with Gasteiger partial charge in [0.15, 0.2) is 5.57 Å². The molecule has 1 N–H and O–H groups in total. The number of methoxy groups -OCH3 is 3. The lowest BCUT2D eigenvalue weighted by Crippen LogP contribution is -2.45. The third kappa shape index (κ3) is 6.81. The van der Waals surface area contributed by atoms with Crippen LogP contribution in [0.15, 0.2) is 60.3 Å². The summed E-state index contributed by atoms with van der Waals surface area (Å²) in [5, 5.41) is 2.99. The molecule has 1 saturated heterocycles. The quantitative estimate of drug-likeness (QED) is 0.269. The fourth-order valence-electron chi connectivity index (χ4n) is 3.76. The maximum Gasteiger partial charge on any atom is 0.346 e. The summed E-state index contributed by atoms with van der Waals surface area (Å²) in [5.74, 6) is -0.745. The second-order valence-corrected chi connectivity index (χ2v) is 7.75. The summed E-state index contributed by atoms with van der Waals surface area (Å²) in [6.07, 6.45) is 1.30. The zero-order valence-electron chi connectivity index (χ0n) is 19.4. The van der Waals surface area contributed by atoms with E-state index >= 15 is 0 Å². The number of hydrogen-bond donors (Lipinski definition) is 1. The topological polar surface area (TPSA) is 80.3 Å². The first-order valence-electron chi connectivity index (χ1n) is 10.8. The predicted molar refractivity (Wildman–Crippen MR) is 126 cm³/mol. The van der Waals surface area contributed by atoms with Crippen molar-refractivity contribution in [3.63, 3.8) is 0 Å². The second-order valence-electron chi connectivity index (χ2n) is 7.75. The Bertz CT molecular complexity index is 951. The van der Waals surface area contributed by atoms with Gasteiger partial charge in [-0.25, -0.2) is 9.59 Å². The van der Waals surface area contributed by atoms with Gasteiger partial charge in [-0.2, -0.15) is 0 Å². The third-order valence-electron chi connectivity index (χ3n) is 5.58. The molecule has 33 heavy (non-hydrogen) atoms. The number of nitrogens with zero attached hydrogens (tertiary/aromatic N) is 2. The smallest absolute Gasteiger partial charge is 0.346 e. The highest BCUT2D eigenvalue weighted by atomic mass is 16.5. The van der Waals surface area contributed by atoms with Gasteiger partial charge in [-0.3, -0.25) is 9.80 Å². The van der Waals surface area contributed by atoms with Crippen molar-refractivity contribution < 1.29 is 23.8 Å². The fourth-order valence-corrected chi connectivity index (χ4v) is 3.76. The van der Waals surface area contributed by atoms with Crippen molar-refractivity contribution in [1.29, 1.82) is 0 Å². The van der Waals surface area contributed by atoms with Gasteiger partial charge in [0.05, 0.1) is 21.3 Å². The molecule has 0 bridgehead atoms. The zero-order valence-corrected chi connectivity index (χ0v) is 19.4. The molecular weight excluding hydrogens is 422 g/mol. The molecule has 2 aromatic rings. The number of carbonyl (C=O) groups is 2. The Balaban J connectivity index is 1.63. The lowest BCUT2D eigenvalue weighted by atomic mass is 10.1. The van der Waals surface area contributed by atoms with Gasteiger partial charge in [0.2, 0.25) is 0 Å². The van der Waals surface area contributed by atoms with Crippen LogP contribution < -0.4 is 10.1 Å². The number of ether oxygens (including phenoxy) is 3. The van der Waals surface area contributed by atoms with Gasteiger partial charge in [0.1, 0.15) is 5.75 Å². The summed E-state index contributed by atoms with van der Waals surface area (Å²) in [4.78, 5) is 28.5. The molecule has 0 aliphatic carbocycles. The van der Waals surface area contributed by atoms with Gasteiger partial charge in [-0.1, -0.05) is 30.3 Å². The number of anilines is 1. The van der Waals surface area contributed by atoms with Crippen molar-refractivity contribution >= 4 is 17.6 Å². The van der Waals surface area contributed by atoms with Crippen molar-refractivity contribution in [2.75, 3.05) is 52.8 Å². The molecule has 0 atom stereocenters. The molecule has 0 spiro atoms. The molecule has 8 heteroatoms. The van der Waals surface area contributed by atoms with Crippen molar-refractivity contribution in [2.24, 2.45) is 0 Å². The number of piperazine rings is 1. The monoisotopic (exact) mass is 453 g/mol. The van der Waals surface area contributed by atoms with E-state index in [1.165, 1.54) is 26.0 Å². The first kappa shape index (κ1) is 24.3. The van der Waals surface area contributed by atoms with Gasteiger partial charge in [-0.05, 0) is 23.8 Å². The molecule has 3 rings (SSSR count). The minimum Gasteiger partial charge on any atom is -0.496 e. The highest BCUT2D eigenvalue weighted by Gasteiger charge is 2.20. The minimum absolute atomic E-state index is 0.216. The zero-order chi connectivity index (χ0) is 23.6. The average Bonchev–Trinajstić information content (AvgIpc) is 2.85. The number of carbonyl (C=O) groups excluding carboxylic acids is 2. The Kier molecular flexibility index (Phi) is 8.86. The van der Waals surface area contributed by atoms with E-state index in [9.17, 15) is 9.59 Å². The summed E-state index contributed by atoms with van der Waals surface area (Å²) in [5.41, 5.74) is 2.86. The molecule has 1 aliphatic heterocycles. The minimum atomic E-state index is -0.767. The van der Waals surface area contributed by atoms with Crippen LogP contribution in [-0.4, -0.2) is 69.2 Å². The van der Waals surface area contributed by atoms with Crippen LogP contribution in [0, 0.1) is 0 Å². The Labute approximate surface area is 194 Å². The predicted octanol–water partition coefficient (Wildman–Crippen LogP) is 2.65. The van der Waals surface area contributed by atoms with E-state index in [-0.39, 0.29) is 5.57 Å². The number of nitrogens with one attached hydrogen (secondary N) is 1. The summed E-state index contributed by atoms with van der Waals surface area (Å²) >= 11 is 0. The molecule has 0 amide bonds. The molecule has 0 unspecified atom stereocenters. The van der Waals surface area contributed by atoms with Gasteiger partial charge >= 0.3 is 11.9 Å². The number of rotatable bonds is 9. The van der Waals surface area contributed by atoms with Crippen molar-refractivity contribution in [2.45, 2.75) is 13.1 Å². The van der Waals surface area contributed by atoms with Crippen LogP contribution in [0.5, 0.6) is 5.75 Å². The normalized spacial score (nSPS) is 14.3. The van der Waals surface area contributed by atoms with E-state index in [1.807, 2.05) is 24.3 Å². The Morgan fingerprint density at radius 3 is 2.06 bits per heavy atom. The number of esters is 2. The first-order chi connectivity index (χ1) is 16.0. The van der Waals surface area contributed by atoms with Gasteiger partial charge < -0.3 is 19.5 Å². The number of hydrogen-bond acceptors (Lipinski definition) is 8. The molecule has 1 heterocycles. The van der Waals surface area contributed by atoms with Gasteiger partial charge in [-0.15, -0.1) is 0 Å². The van der Waals surface area contributed by atoms with E-state index in [2.05, 4.69) is 48.9 Å². The molecule has 0 aromatic heterocycles. The SMILES string of the molecule is COC(=O)C(=CNc1ccc(OC)c(CN2CCN(Cc3ccccc3)CC2)c1)C(=O)OC. The van der Waals surface area contributed by atoms with E-state index in [4.69, 9.17) is 4.74 Å². The summed E-state index contributed by atoms with van der Waals surface area (Å²) in [7, 11) is 4.07. The van der Waals surface area contributed by atoms with Gasteiger partial charge in [0.25, 0.3) is 0 Å². The molecule has 0 radical (unpaired) electrons. The Morgan fingerprint density at radius 2 is 1.48 bits per heavy atom. The average molecular weight is 454 g/mol. The largest absolute Gasteiger partial charge is 0.496 e. The van der Waals surface area contributed by atoms with Crippen molar-refractivity contribution in [3.8, 4) is 5.75 Å². The Morgan fingerprint density at radius 1 is 0.879 bits per heavy atom. The maximum atomic E-state index is 11.8. The van der Waals surface area contributed by atoms with Crippen LogP contribution in [0.25, 0.3) is 0 Å². The third-order valence-corrected chi connectivity index (χ3v) is 5.58. The summed E-state index contributed by atoms with van der Waals surface area (Å²) in [6.45, 7) is 5.62. The Hall–Kier alpha value is -3.36. The lowest BCUT2D eigenvalue weighted by molar-refractivity contribution is -0.144. The molecule has 1 fully saturated rings. The molecule has 0 saturated carbocycles. The standard InChI is InChI=1S/C25H31N3O5/c1-31-23-10-9-21(26-16-22(24(29)32-2)25(30)33-3)15-20(23)18-28-13-11-27(12-14-28)17-19-7-5-4-6-8-19/h4-10,15-16,26H,11-14,17-18H2,1-3H3. The summed E-state index contributed by atoms with van der Waals surface area (Å²) in [6, 6.07) is 16.2. The highest BCUT2D eigenvalue weighted by molar-refractivity contribution is 6.14. The summed E-state index contributed by atoms with van der Waals surface area (Å²) < 4.78 is 14.9. The van der Waals surface area contributed by atoms with E-state index < -0.39 is 11.9 Å². The van der Waals surface area contributed by atoms with Crippen LogP contribution in [0.2, 0.25) is 0 Å². The maximum absolute atomic E-state index is 11.8. The van der Waals surface area contributed by atoms with E-state index in [1.54, 1.807) is 7.11 Å². The first-order valence-corrected chi connectivity index (χ1v) is 10.8. The fraction of sp³-hybridized carbons (Fsp3) is 0.360. The van der Waals surface area contributed by atoms with E-state index in [0.717, 1.165) is 56.3 Å². The van der Waals surface area contributed by atoms with Crippen molar-refractivity contribution in [3.05, 3.63) is 71.4 Å². The van der Waals surface area contributed by atoms with Crippen LogP contribution in [0.1, 0.15) is 11.1 Å². The highest BCUT2D eigenvalue weighted by Crippen LogP contribution is 2.25. The van der Waals surface area contributed by atoms with Crippen LogP contribution in [0.4, 0.5) is 5.69 Å². The molecule has 2 aromatic carbocycles. The van der Waals surface area contributed by atoms with Crippen molar-refractivity contribution in [1.82, 2.24) is 9.80 Å². The molecule has 176 valence electrons. The molecule has 8 nitrogen and oxygen atoms in total. The van der Waals surface area contributed by atoms with Crippen LogP contribution in [0.3, 0.4) is 0 Å². The van der Waals surface area contributed by atoms with Gasteiger partial charge in [0, 0.05) is 56.7 Å². The van der Waals surface area contributed by atoms with E-state index in [0.29, 0.717) is 0 Å². The second kappa shape index (κ2) is 12.0.